The maximum Gasteiger partial charge on any atom is 0.317 e. The minimum absolute atomic E-state index is 0.0851. The van der Waals surface area contributed by atoms with Gasteiger partial charge < -0.3 is 16.2 Å². The summed E-state index contributed by atoms with van der Waals surface area (Å²) in [4.78, 5) is 35.3. The number of benzene rings is 1. The Labute approximate surface area is 141 Å². The first kappa shape index (κ1) is 19.6. The number of nitrogens with two attached hydrogens (primary N) is 1. The number of aryl methyl sites for hydroxylation is 2. The molecular formula is C17H25N3O4. The fourth-order valence-corrected chi connectivity index (χ4v) is 2.49. The molecule has 0 aliphatic heterocycles. The Morgan fingerprint density at radius 3 is 2.17 bits per heavy atom. The van der Waals surface area contributed by atoms with Crippen molar-refractivity contribution in [2.45, 2.75) is 33.1 Å². The van der Waals surface area contributed by atoms with Crippen LogP contribution in [0, 0.1) is 0 Å². The summed E-state index contributed by atoms with van der Waals surface area (Å²) in [5.41, 5.74) is 8.04. The summed E-state index contributed by atoms with van der Waals surface area (Å²) in [5, 5.41) is 11.8. The first-order chi connectivity index (χ1) is 11.4. The first-order valence-corrected chi connectivity index (χ1v) is 8.00. The maximum atomic E-state index is 12.2. The number of rotatable bonds is 10. The van der Waals surface area contributed by atoms with E-state index in [-0.39, 0.29) is 32.0 Å². The fraction of sp³-hybridized carbons (Fsp3) is 0.471. The molecule has 0 radical (unpaired) electrons. The number of carboxylic acids is 1. The molecule has 0 bridgehead atoms. The van der Waals surface area contributed by atoms with E-state index < -0.39 is 11.9 Å². The second-order valence-electron chi connectivity index (χ2n) is 5.53. The molecule has 4 N–H and O–H groups in total. The maximum absolute atomic E-state index is 12.2. The predicted molar refractivity (Wildman–Crippen MR) is 91.7 cm³/mol. The monoisotopic (exact) mass is 335 g/mol. The molecule has 2 amide bonds. The largest absolute Gasteiger partial charge is 0.480 e. The highest BCUT2D eigenvalue weighted by atomic mass is 16.4. The Hall–Kier alpha value is -2.41. The number of aliphatic carboxylic acids is 1. The van der Waals surface area contributed by atoms with Gasteiger partial charge in [0.15, 0.2) is 0 Å². The highest BCUT2D eigenvalue weighted by Crippen LogP contribution is 2.22. The van der Waals surface area contributed by atoms with Gasteiger partial charge in [-0.3, -0.25) is 19.3 Å². The van der Waals surface area contributed by atoms with Crippen LogP contribution in [0.2, 0.25) is 0 Å². The number of carbonyl (C=O) groups excluding carboxylic acids is 2. The standard InChI is InChI=1S/C17H25N3O4/c1-3-12-6-5-7-13(4-2)17(12)19-15(22)8-9-20(10-14(18)21)11-16(23)24/h5-7H,3-4,8-11H2,1-2H3,(H2,18,21)(H,19,22)(H,23,24). The van der Waals surface area contributed by atoms with Crippen molar-refractivity contribution in [2.75, 3.05) is 25.0 Å². The summed E-state index contributed by atoms with van der Waals surface area (Å²) >= 11 is 0. The van der Waals surface area contributed by atoms with Crippen molar-refractivity contribution < 1.29 is 19.5 Å². The Morgan fingerprint density at radius 2 is 1.71 bits per heavy atom. The zero-order valence-corrected chi connectivity index (χ0v) is 14.2. The van der Waals surface area contributed by atoms with Crippen molar-refractivity contribution >= 4 is 23.5 Å². The average molecular weight is 335 g/mol. The van der Waals surface area contributed by atoms with E-state index in [1.54, 1.807) is 0 Å². The van der Waals surface area contributed by atoms with Crippen LogP contribution in [-0.2, 0) is 27.2 Å². The van der Waals surface area contributed by atoms with Crippen LogP contribution >= 0.6 is 0 Å². The summed E-state index contributed by atoms with van der Waals surface area (Å²) in [6.07, 6.45) is 1.69. The van der Waals surface area contributed by atoms with Crippen molar-refractivity contribution in [3.63, 3.8) is 0 Å². The molecule has 0 saturated heterocycles. The summed E-state index contributed by atoms with van der Waals surface area (Å²) in [6, 6.07) is 5.91. The lowest BCUT2D eigenvalue weighted by Crippen LogP contribution is -2.39. The zero-order valence-electron chi connectivity index (χ0n) is 14.2. The molecule has 0 atom stereocenters. The Kier molecular flexibility index (Phi) is 7.91. The molecule has 0 heterocycles. The molecule has 0 aliphatic rings. The van der Waals surface area contributed by atoms with E-state index in [4.69, 9.17) is 10.8 Å². The molecule has 0 aromatic heterocycles. The van der Waals surface area contributed by atoms with Crippen LogP contribution in [0.5, 0.6) is 0 Å². The first-order valence-electron chi connectivity index (χ1n) is 8.00. The zero-order chi connectivity index (χ0) is 18.1. The highest BCUT2D eigenvalue weighted by Gasteiger charge is 2.15. The Balaban J connectivity index is 2.71. The lowest BCUT2D eigenvalue weighted by atomic mass is 10.0. The number of nitrogens with one attached hydrogen (secondary N) is 1. The van der Waals surface area contributed by atoms with Gasteiger partial charge in [-0.25, -0.2) is 0 Å². The van der Waals surface area contributed by atoms with Crippen molar-refractivity contribution in [1.29, 1.82) is 0 Å². The minimum Gasteiger partial charge on any atom is -0.480 e. The molecule has 0 spiro atoms. The molecule has 0 aliphatic carbocycles. The number of anilines is 1. The van der Waals surface area contributed by atoms with Crippen LogP contribution in [0.3, 0.4) is 0 Å². The topological polar surface area (TPSA) is 113 Å². The van der Waals surface area contributed by atoms with Crippen molar-refractivity contribution in [3.05, 3.63) is 29.3 Å². The molecule has 132 valence electrons. The summed E-state index contributed by atoms with van der Waals surface area (Å²) < 4.78 is 0. The van der Waals surface area contributed by atoms with Gasteiger partial charge in [0.1, 0.15) is 0 Å². The molecule has 1 aromatic rings. The molecular weight excluding hydrogens is 310 g/mol. The predicted octanol–water partition coefficient (Wildman–Crippen LogP) is 1.01. The Bertz CT molecular complexity index is 563. The number of carboxylic acid groups (broad SMARTS) is 1. The van der Waals surface area contributed by atoms with Gasteiger partial charge in [-0.15, -0.1) is 0 Å². The van der Waals surface area contributed by atoms with Gasteiger partial charge in [-0.05, 0) is 24.0 Å². The third-order valence-corrected chi connectivity index (χ3v) is 3.66. The molecule has 7 nitrogen and oxygen atoms in total. The average Bonchev–Trinajstić information content (AvgIpc) is 2.51. The van der Waals surface area contributed by atoms with Crippen molar-refractivity contribution in [2.24, 2.45) is 5.73 Å². The number of carbonyl (C=O) groups is 3. The number of hydrogen-bond donors (Lipinski definition) is 3. The normalized spacial score (nSPS) is 10.6. The van der Waals surface area contributed by atoms with Gasteiger partial charge in [0.25, 0.3) is 0 Å². The second-order valence-corrected chi connectivity index (χ2v) is 5.53. The number of nitrogens with zero attached hydrogens (tertiary/aromatic N) is 1. The lowest BCUT2D eigenvalue weighted by molar-refractivity contribution is -0.139. The molecule has 0 fully saturated rings. The number of primary amides is 1. The van der Waals surface area contributed by atoms with Crippen LogP contribution in [0.25, 0.3) is 0 Å². The number of hydrogen-bond acceptors (Lipinski definition) is 4. The number of para-hydroxylation sites is 1. The number of amides is 2. The quantitative estimate of drug-likeness (QED) is 0.591. The van der Waals surface area contributed by atoms with Crippen LogP contribution in [-0.4, -0.2) is 47.4 Å². The SMILES string of the molecule is CCc1cccc(CC)c1NC(=O)CCN(CC(N)=O)CC(=O)O. The van der Waals surface area contributed by atoms with E-state index >= 15 is 0 Å². The van der Waals surface area contributed by atoms with E-state index in [2.05, 4.69) is 5.32 Å². The van der Waals surface area contributed by atoms with Crippen LogP contribution < -0.4 is 11.1 Å². The van der Waals surface area contributed by atoms with Crippen LogP contribution in [0.4, 0.5) is 5.69 Å². The molecule has 1 aromatic carbocycles. The van der Waals surface area contributed by atoms with Gasteiger partial charge in [0.2, 0.25) is 11.8 Å². The molecule has 24 heavy (non-hydrogen) atoms. The van der Waals surface area contributed by atoms with Gasteiger partial charge in [-0.2, -0.15) is 0 Å². The Morgan fingerprint density at radius 1 is 1.12 bits per heavy atom. The van der Waals surface area contributed by atoms with E-state index in [9.17, 15) is 14.4 Å². The van der Waals surface area contributed by atoms with E-state index in [1.807, 2.05) is 32.0 Å². The van der Waals surface area contributed by atoms with E-state index in [0.29, 0.717) is 0 Å². The van der Waals surface area contributed by atoms with Crippen LogP contribution in [0.1, 0.15) is 31.4 Å². The fourth-order valence-electron chi connectivity index (χ4n) is 2.49. The van der Waals surface area contributed by atoms with Crippen molar-refractivity contribution in [3.8, 4) is 0 Å². The summed E-state index contributed by atoms with van der Waals surface area (Å²) in [5.74, 6) is -1.91. The second kappa shape index (κ2) is 9.67. The molecule has 0 unspecified atom stereocenters. The van der Waals surface area contributed by atoms with Gasteiger partial charge in [-0.1, -0.05) is 32.0 Å². The summed E-state index contributed by atoms with van der Waals surface area (Å²) in [7, 11) is 0. The van der Waals surface area contributed by atoms with E-state index in [1.165, 1.54) is 4.90 Å². The van der Waals surface area contributed by atoms with Gasteiger partial charge in [0, 0.05) is 18.7 Å². The minimum atomic E-state index is -1.07. The summed E-state index contributed by atoms with van der Waals surface area (Å²) in [6.45, 7) is 3.67. The smallest absolute Gasteiger partial charge is 0.317 e. The van der Waals surface area contributed by atoms with Crippen LogP contribution in [0.15, 0.2) is 18.2 Å². The third kappa shape index (κ3) is 6.37. The van der Waals surface area contributed by atoms with Gasteiger partial charge in [0.05, 0.1) is 13.1 Å². The third-order valence-electron chi connectivity index (χ3n) is 3.66. The lowest BCUT2D eigenvalue weighted by Gasteiger charge is -2.19. The molecule has 1 rings (SSSR count). The molecule has 7 heteroatoms. The highest BCUT2D eigenvalue weighted by molar-refractivity contribution is 5.92. The van der Waals surface area contributed by atoms with Gasteiger partial charge >= 0.3 is 5.97 Å². The van der Waals surface area contributed by atoms with E-state index in [0.717, 1.165) is 29.7 Å². The molecule has 0 saturated carbocycles. The van der Waals surface area contributed by atoms with Crippen molar-refractivity contribution in [1.82, 2.24) is 4.90 Å².